The SMILES string of the molecule is CC1CCC(CCC(=O)OCC(C)(COC(=O)CCNCCC(=O)OCC(C)(COC(=O)CCC2CCC(C)CC2)COC(=O)CCC2CCC(C)CC2)COC(=O)CCC2CCC(C)CC2)CC1.CN(C)CCCOO. The van der Waals surface area contributed by atoms with Crippen LogP contribution in [0.25, 0.3) is 0 Å². The summed E-state index contributed by atoms with van der Waals surface area (Å²) in [6, 6.07) is 0. The van der Waals surface area contributed by atoms with E-state index in [4.69, 9.17) is 33.7 Å². The van der Waals surface area contributed by atoms with Gasteiger partial charge in [0.25, 0.3) is 0 Å². The van der Waals surface area contributed by atoms with Gasteiger partial charge in [-0.2, -0.15) is 0 Å². The van der Waals surface area contributed by atoms with Gasteiger partial charge in [-0.15, -0.1) is 0 Å². The smallest absolute Gasteiger partial charge is 0.307 e. The molecule has 0 atom stereocenters. The van der Waals surface area contributed by atoms with Crippen molar-refractivity contribution in [3.63, 3.8) is 0 Å². The van der Waals surface area contributed by atoms with Crippen molar-refractivity contribution in [2.75, 3.05) is 80.0 Å². The van der Waals surface area contributed by atoms with Crippen molar-refractivity contribution in [1.82, 2.24) is 10.2 Å². The average Bonchev–Trinajstić information content (AvgIpc) is 3.41. The van der Waals surface area contributed by atoms with Crippen LogP contribution in [0.3, 0.4) is 0 Å². The molecule has 0 aliphatic heterocycles. The minimum absolute atomic E-state index is 0.0270. The Morgan fingerprint density at radius 1 is 0.416 bits per heavy atom. The molecule has 0 amide bonds. The third-order valence-electron chi connectivity index (χ3n) is 16.9. The number of nitrogens with zero attached hydrogens (tertiary/aromatic N) is 1. The van der Waals surface area contributed by atoms with E-state index in [-0.39, 0.29) is 89.4 Å². The molecule has 16 nitrogen and oxygen atoms in total. The van der Waals surface area contributed by atoms with Gasteiger partial charge in [0.15, 0.2) is 0 Å². The molecular formula is C61H108N2O14. The van der Waals surface area contributed by atoms with E-state index in [1.165, 1.54) is 51.4 Å². The normalized spacial score (nSPS) is 25.2. The molecule has 0 radical (unpaired) electrons. The number of ether oxygens (including phenoxy) is 6. The number of hydrogen-bond acceptors (Lipinski definition) is 16. The highest BCUT2D eigenvalue weighted by Crippen LogP contribution is 2.35. The van der Waals surface area contributed by atoms with E-state index in [0.29, 0.717) is 56.0 Å². The molecule has 0 spiro atoms. The lowest BCUT2D eigenvalue weighted by atomic mass is 9.81. The quantitative estimate of drug-likeness (QED) is 0.0202. The molecule has 0 aromatic heterocycles. The van der Waals surface area contributed by atoms with Crippen molar-refractivity contribution < 1.29 is 67.3 Å². The minimum Gasteiger partial charge on any atom is -0.465 e. The fourth-order valence-corrected chi connectivity index (χ4v) is 10.9. The molecule has 0 bridgehead atoms. The molecule has 4 rings (SSSR count). The molecule has 77 heavy (non-hydrogen) atoms. The van der Waals surface area contributed by atoms with Crippen LogP contribution in [0, 0.1) is 58.2 Å². The lowest BCUT2D eigenvalue weighted by molar-refractivity contribution is -0.242. The van der Waals surface area contributed by atoms with Crippen molar-refractivity contribution in [3.8, 4) is 0 Å². The van der Waals surface area contributed by atoms with Gasteiger partial charge in [0, 0.05) is 38.8 Å². The van der Waals surface area contributed by atoms with Gasteiger partial charge in [0.05, 0.1) is 30.3 Å². The Kier molecular flexibility index (Phi) is 33.8. The maximum atomic E-state index is 12.9. The molecule has 0 heterocycles. The van der Waals surface area contributed by atoms with Crippen molar-refractivity contribution in [2.45, 2.75) is 215 Å². The van der Waals surface area contributed by atoms with Gasteiger partial charge in [-0.1, -0.05) is 130 Å². The standard InChI is InChI=1S/C56H95NO12.C5H13NO2/c1-41-7-15-45(16-8-41)23-27-49(58)64-35-55(5,36-65-50(59)28-24-46-17-9-42(2)10-18-46)39-68-53(62)31-33-57-34-32-54(63)69-40-56(6,37-66-51(60)29-25-47-19-11-43(3)12-20-47)38-67-52(61)30-26-48-21-13-44(4)14-22-48;1-6(2)4-3-5-8-7/h41-48,57H,7-40H2,1-6H3;7H,3-5H2,1-2H3. The third kappa shape index (κ3) is 32.5. The average molecular weight is 1090 g/mol. The van der Waals surface area contributed by atoms with Crippen LogP contribution >= 0.6 is 0 Å². The molecule has 2 N–H and O–H groups in total. The van der Waals surface area contributed by atoms with Gasteiger partial charge < -0.3 is 38.6 Å². The lowest BCUT2D eigenvalue weighted by Crippen LogP contribution is -2.37. The summed E-state index contributed by atoms with van der Waals surface area (Å²) in [5.74, 6) is 2.94. The summed E-state index contributed by atoms with van der Waals surface area (Å²) in [5.41, 5.74) is -1.85. The fraction of sp³-hybridized carbons (Fsp3) is 0.902. The van der Waals surface area contributed by atoms with E-state index in [1.54, 1.807) is 13.8 Å². The molecule has 0 unspecified atom stereocenters. The molecule has 4 fully saturated rings. The first-order valence-electron chi connectivity index (χ1n) is 30.3. The number of carbonyl (C=O) groups is 6. The van der Waals surface area contributed by atoms with E-state index in [2.05, 4.69) is 37.9 Å². The van der Waals surface area contributed by atoms with E-state index in [1.807, 2.05) is 19.0 Å². The van der Waals surface area contributed by atoms with Crippen LogP contribution in [-0.4, -0.2) is 126 Å². The van der Waals surface area contributed by atoms with Crippen molar-refractivity contribution in [1.29, 1.82) is 0 Å². The second-order valence-corrected chi connectivity index (χ2v) is 25.5. The number of hydrogen-bond donors (Lipinski definition) is 2. The van der Waals surface area contributed by atoms with Crippen molar-refractivity contribution in [3.05, 3.63) is 0 Å². The molecule has 0 saturated heterocycles. The van der Waals surface area contributed by atoms with E-state index >= 15 is 0 Å². The number of rotatable bonds is 34. The number of carbonyl (C=O) groups excluding carboxylic acids is 6. The van der Waals surface area contributed by atoms with Crippen LogP contribution in [0.15, 0.2) is 0 Å². The molecule has 16 heteroatoms. The van der Waals surface area contributed by atoms with Crippen LogP contribution in [0.2, 0.25) is 0 Å². The third-order valence-corrected chi connectivity index (χ3v) is 16.9. The van der Waals surface area contributed by atoms with Crippen LogP contribution in [-0.2, 0) is 62.1 Å². The second-order valence-electron chi connectivity index (χ2n) is 25.5. The van der Waals surface area contributed by atoms with Crippen LogP contribution in [0.1, 0.15) is 215 Å². The lowest BCUT2D eigenvalue weighted by Gasteiger charge is -2.29. The topological polar surface area (TPSA) is 203 Å². The summed E-state index contributed by atoms with van der Waals surface area (Å²) in [5, 5.41) is 11.0. The Labute approximate surface area is 464 Å². The zero-order valence-electron chi connectivity index (χ0n) is 49.5. The monoisotopic (exact) mass is 1090 g/mol. The summed E-state index contributed by atoms with van der Waals surface area (Å²) in [7, 11) is 3.97. The molecule has 446 valence electrons. The zero-order valence-corrected chi connectivity index (χ0v) is 49.5. The minimum atomic E-state index is -0.925. The first-order valence-corrected chi connectivity index (χ1v) is 30.3. The highest BCUT2D eigenvalue weighted by atomic mass is 17.1. The molecule has 4 aliphatic carbocycles. The summed E-state index contributed by atoms with van der Waals surface area (Å²) >= 11 is 0. The molecule has 4 saturated carbocycles. The fourth-order valence-electron chi connectivity index (χ4n) is 10.9. The van der Waals surface area contributed by atoms with Gasteiger partial charge in [-0.25, -0.2) is 4.89 Å². The maximum Gasteiger partial charge on any atom is 0.307 e. The Morgan fingerprint density at radius 2 is 0.649 bits per heavy atom. The Bertz CT molecular complexity index is 1470. The van der Waals surface area contributed by atoms with Gasteiger partial charge >= 0.3 is 35.8 Å². The van der Waals surface area contributed by atoms with Crippen LogP contribution in [0.5, 0.6) is 0 Å². The molecule has 0 aromatic carbocycles. The van der Waals surface area contributed by atoms with Gasteiger partial charge in [0.2, 0.25) is 0 Å². The molecule has 0 aromatic rings. The number of esters is 6. The predicted molar refractivity (Wildman–Crippen MR) is 297 cm³/mol. The number of nitrogens with one attached hydrogen (secondary N) is 1. The van der Waals surface area contributed by atoms with Gasteiger partial charge in [-0.05, 0) is 114 Å². The molecular weight excluding hydrogens is 985 g/mol. The first-order chi connectivity index (χ1) is 36.7. The van der Waals surface area contributed by atoms with Crippen LogP contribution < -0.4 is 5.32 Å². The summed E-state index contributed by atoms with van der Waals surface area (Å²) in [6.07, 6.45) is 24.1. The molecule has 4 aliphatic rings. The second kappa shape index (κ2) is 38.3. The van der Waals surface area contributed by atoms with Gasteiger partial charge in [-0.3, -0.25) is 34.0 Å². The zero-order chi connectivity index (χ0) is 56.5. The summed E-state index contributed by atoms with van der Waals surface area (Å²) < 4.78 is 34.2. The van der Waals surface area contributed by atoms with Crippen LogP contribution in [0.4, 0.5) is 0 Å². The predicted octanol–water partition coefficient (Wildman–Crippen LogP) is 11.5. The van der Waals surface area contributed by atoms with E-state index in [0.717, 1.165) is 114 Å². The van der Waals surface area contributed by atoms with Crippen molar-refractivity contribution in [2.24, 2.45) is 58.2 Å². The van der Waals surface area contributed by atoms with Gasteiger partial charge in [0.1, 0.15) is 39.6 Å². The maximum absolute atomic E-state index is 12.9. The highest BCUT2D eigenvalue weighted by Gasteiger charge is 2.33. The van der Waals surface area contributed by atoms with Crippen molar-refractivity contribution >= 4 is 35.8 Å². The Balaban J connectivity index is 0.00000180. The van der Waals surface area contributed by atoms with E-state index < -0.39 is 22.8 Å². The van der Waals surface area contributed by atoms with E-state index in [9.17, 15) is 28.8 Å². The summed E-state index contributed by atoms with van der Waals surface area (Å²) in [6.45, 7) is 14.2. The highest BCUT2D eigenvalue weighted by molar-refractivity contribution is 5.72. The Morgan fingerprint density at radius 3 is 0.870 bits per heavy atom. The first kappa shape index (κ1) is 67.9. The largest absolute Gasteiger partial charge is 0.465 e. The summed E-state index contributed by atoms with van der Waals surface area (Å²) in [4.78, 5) is 83.2. The Hall–Kier alpha value is -3.34.